The van der Waals surface area contributed by atoms with Gasteiger partial charge in [-0.05, 0) is 43.9 Å². The number of nitrogens with two attached hydrogens (primary N) is 1. The van der Waals surface area contributed by atoms with Crippen LogP contribution in [0.5, 0.6) is 5.75 Å². The molecular formula is C18H28N2O2. The molecule has 2 rings (SSSR count). The first-order valence-corrected chi connectivity index (χ1v) is 8.38. The van der Waals surface area contributed by atoms with E-state index in [-0.39, 0.29) is 5.91 Å². The molecule has 0 radical (unpaired) electrons. The molecule has 0 bridgehead atoms. The van der Waals surface area contributed by atoms with Crippen molar-refractivity contribution in [1.29, 1.82) is 0 Å². The summed E-state index contributed by atoms with van der Waals surface area (Å²) in [6, 6.07) is 6.24. The van der Waals surface area contributed by atoms with E-state index in [1.807, 2.05) is 37.1 Å². The maximum Gasteiger partial charge on any atom is 0.222 e. The minimum Gasteiger partial charge on any atom is -0.492 e. The highest BCUT2D eigenvalue weighted by molar-refractivity contribution is 5.76. The van der Waals surface area contributed by atoms with Crippen molar-refractivity contribution in [3.05, 3.63) is 23.8 Å². The summed E-state index contributed by atoms with van der Waals surface area (Å²) in [5.74, 6) is 0.955. The zero-order chi connectivity index (χ0) is 15.9. The summed E-state index contributed by atoms with van der Waals surface area (Å²) in [5.41, 5.74) is 7.71. The molecule has 1 amide bonds. The van der Waals surface area contributed by atoms with Crippen molar-refractivity contribution in [1.82, 2.24) is 4.90 Å². The zero-order valence-electron chi connectivity index (χ0n) is 13.8. The fraction of sp³-hybridized carbons (Fsp3) is 0.611. The predicted octanol–water partition coefficient (Wildman–Crippen LogP) is 3.39. The number of amides is 1. The number of hydrogen-bond acceptors (Lipinski definition) is 3. The van der Waals surface area contributed by atoms with Crippen LogP contribution >= 0.6 is 0 Å². The molecule has 4 heteroatoms. The summed E-state index contributed by atoms with van der Waals surface area (Å²) in [6.07, 6.45) is 7.38. The summed E-state index contributed by atoms with van der Waals surface area (Å²) < 4.78 is 5.43. The van der Waals surface area contributed by atoms with E-state index in [1.54, 1.807) is 0 Å². The van der Waals surface area contributed by atoms with Gasteiger partial charge in [-0.25, -0.2) is 0 Å². The molecule has 1 aromatic carbocycles. The average Bonchev–Trinajstić information content (AvgIpc) is 2.55. The minimum atomic E-state index is 0.236. The van der Waals surface area contributed by atoms with E-state index in [1.165, 1.54) is 19.3 Å². The Labute approximate surface area is 133 Å². The molecule has 0 atom stereocenters. The molecule has 0 unspecified atom stereocenters. The number of carbonyl (C=O) groups is 1. The molecule has 0 aromatic heterocycles. The van der Waals surface area contributed by atoms with Gasteiger partial charge in [-0.2, -0.15) is 0 Å². The molecule has 1 saturated carbocycles. The second-order valence-corrected chi connectivity index (χ2v) is 6.10. The highest BCUT2D eigenvalue weighted by Crippen LogP contribution is 2.24. The van der Waals surface area contributed by atoms with Gasteiger partial charge in [0.05, 0.1) is 12.3 Å². The highest BCUT2D eigenvalue weighted by atomic mass is 16.5. The van der Waals surface area contributed by atoms with Gasteiger partial charge in [-0.3, -0.25) is 4.79 Å². The first-order chi connectivity index (χ1) is 10.6. The number of hydrogen-bond donors (Lipinski definition) is 1. The molecule has 22 heavy (non-hydrogen) atoms. The van der Waals surface area contributed by atoms with Crippen LogP contribution in [0.3, 0.4) is 0 Å². The van der Waals surface area contributed by atoms with Crippen molar-refractivity contribution >= 4 is 11.6 Å². The standard InChI is InChI=1S/C18H28N2O2/c1-3-22-17-11-9-14(13-16(17)19)10-12-18(21)20(2)15-7-5-4-6-8-15/h9,11,13,15H,3-8,10,12,19H2,1-2H3. The van der Waals surface area contributed by atoms with Crippen LogP contribution in [0.2, 0.25) is 0 Å². The van der Waals surface area contributed by atoms with Gasteiger partial charge < -0.3 is 15.4 Å². The van der Waals surface area contributed by atoms with E-state index in [4.69, 9.17) is 10.5 Å². The van der Waals surface area contributed by atoms with Crippen LogP contribution in [0.4, 0.5) is 5.69 Å². The zero-order valence-corrected chi connectivity index (χ0v) is 13.8. The Kier molecular flexibility index (Phi) is 6.10. The normalized spacial score (nSPS) is 15.5. The second-order valence-electron chi connectivity index (χ2n) is 6.10. The van der Waals surface area contributed by atoms with Crippen LogP contribution in [0, 0.1) is 0 Å². The van der Waals surface area contributed by atoms with Gasteiger partial charge in [0.15, 0.2) is 0 Å². The van der Waals surface area contributed by atoms with Gasteiger partial charge in [0.25, 0.3) is 0 Å². The largest absolute Gasteiger partial charge is 0.492 e. The van der Waals surface area contributed by atoms with Crippen LogP contribution in [0.1, 0.15) is 51.0 Å². The maximum absolute atomic E-state index is 12.3. The van der Waals surface area contributed by atoms with Gasteiger partial charge >= 0.3 is 0 Å². The third-order valence-electron chi connectivity index (χ3n) is 4.52. The number of nitrogens with zero attached hydrogens (tertiary/aromatic N) is 1. The molecule has 0 spiro atoms. The quantitative estimate of drug-likeness (QED) is 0.820. The van der Waals surface area contributed by atoms with Crippen LogP contribution in [0.15, 0.2) is 18.2 Å². The first-order valence-electron chi connectivity index (χ1n) is 8.38. The lowest BCUT2D eigenvalue weighted by atomic mass is 9.94. The van der Waals surface area contributed by atoms with Crippen LogP contribution in [-0.2, 0) is 11.2 Å². The smallest absolute Gasteiger partial charge is 0.222 e. The number of nitrogen functional groups attached to an aromatic ring is 1. The van der Waals surface area contributed by atoms with E-state index < -0.39 is 0 Å². The lowest BCUT2D eigenvalue weighted by Gasteiger charge is -2.31. The summed E-state index contributed by atoms with van der Waals surface area (Å²) in [6.45, 7) is 2.54. The summed E-state index contributed by atoms with van der Waals surface area (Å²) in [4.78, 5) is 14.3. The summed E-state index contributed by atoms with van der Waals surface area (Å²) >= 11 is 0. The van der Waals surface area contributed by atoms with Crippen LogP contribution in [-0.4, -0.2) is 30.5 Å². The number of aryl methyl sites for hydroxylation is 1. The van der Waals surface area contributed by atoms with Crippen molar-refractivity contribution in [3.8, 4) is 5.75 Å². The van der Waals surface area contributed by atoms with Crippen molar-refractivity contribution in [2.45, 2.75) is 57.9 Å². The summed E-state index contributed by atoms with van der Waals surface area (Å²) in [5, 5.41) is 0. The number of anilines is 1. The topological polar surface area (TPSA) is 55.6 Å². The van der Waals surface area contributed by atoms with Crippen molar-refractivity contribution in [3.63, 3.8) is 0 Å². The predicted molar refractivity (Wildman–Crippen MR) is 90.0 cm³/mol. The molecule has 1 aliphatic carbocycles. The third-order valence-corrected chi connectivity index (χ3v) is 4.52. The fourth-order valence-corrected chi connectivity index (χ4v) is 3.14. The van der Waals surface area contributed by atoms with Gasteiger partial charge in [0.1, 0.15) is 5.75 Å². The van der Waals surface area contributed by atoms with Crippen LogP contribution < -0.4 is 10.5 Å². The molecule has 0 aliphatic heterocycles. The molecule has 0 saturated heterocycles. The van der Waals surface area contributed by atoms with E-state index in [0.29, 0.717) is 24.8 Å². The van der Waals surface area contributed by atoms with Gasteiger partial charge in [-0.15, -0.1) is 0 Å². The van der Waals surface area contributed by atoms with E-state index in [9.17, 15) is 4.79 Å². The fourth-order valence-electron chi connectivity index (χ4n) is 3.14. The lowest BCUT2D eigenvalue weighted by Crippen LogP contribution is -2.38. The summed E-state index contributed by atoms with van der Waals surface area (Å²) in [7, 11) is 1.95. The Morgan fingerprint density at radius 3 is 2.68 bits per heavy atom. The maximum atomic E-state index is 12.3. The highest BCUT2D eigenvalue weighted by Gasteiger charge is 2.21. The minimum absolute atomic E-state index is 0.236. The second kappa shape index (κ2) is 8.06. The van der Waals surface area contributed by atoms with Crippen molar-refractivity contribution < 1.29 is 9.53 Å². The number of rotatable bonds is 6. The van der Waals surface area contributed by atoms with Crippen molar-refractivity contribution in [2.24, 2.45) is 0 Å². The van der Waals surface area contributed by atoms with Gasteiger partial charge in [-0.1, -0.05) is 25.3 Å². The molecule has 2 N–H and O–H groups in total. The number of carbonyl (C=O) groups excluding carboxylic acids is 1. The molecule has 1 fully saturated rings. The molecule has 0 heterocycles. The van der Waals surface area contributed by atoms with E-state index in [0.717, 1.165) is 30.6 Å². The molecular weight excluding hydrogens is 276 g/mol. The lowest BCUT2D eigenvalue weighted by molar-refractivity contribution is -0.132. The van der Waals surface area contributed by atoms with Crippen molar-refractivity contribution in [2.75, 3.05) is 19.4 Å². The molecule has 1 aromatic rings. The molecule has 1 aliphatic rings. The first kappa shape index (κ1) is 16.7. The Bertz CT molecular complexity index is 496. The number of benzene rings is 1. The van der Waals surface area contributed by atoms with Gasteiger partial charge in [0, 0.05) is 19.5 Å². The Hall–Kier alpha value is -1.71. The molecule has 122 valence electrons. The van der Waals surface area contributed by atoms with Crippen LogP contribution in [0.25, 0.3) is 0 Å². The number of ether oxygens (including phenoxy) is 1. The average molecular weight is 304 g/mol. The Morgan fingerprint density at radius 2 is 2.05 bits per heavy atom. The monoisotopic (exact) mass is 304 g/mol. The molecule has 4 nitrogen and oxygen atoms in total. The Morgan fingerprint density at radius 1 is 1.32 bits per heavy atom. The SMILES string of the molecule is CCOc1ccc(CCC(=O)N(C)C2CCCCC2)cc1N. The van der Waals surface area contributed by atoms with Gasteiger partial charge in [0.2, 0.25) is 5.91 Å². The van der Waals surface area contributed by atoms with E-state index >= 15 is 0 Å². The van der Waals surface area contributed by atoms with E-state index in [2.05, 4.69) is 0 Å². The third kappa shape index (κ3) is 4.39. The Balaban J connectivity index is 1.86.